The van der Waals surface area contributed by atoms with Crippen LogP contribution in [0, 0.1) is 17.2 Å². The number of nitrogens with one attached hydrogen (secondary N) is 1. The van der Waals surface area contributed by atoms with Gasteiger partial charge in [0.1, 0.15) is 0 Å². The summed E-state index contributed by atoms with van der Waals surface area (Å²) >= 11 is 0. The number of hydrogen-bond donors (Lipinski definition) is 1. The third-order valence-corrected chi connectivity index (χ3v) is 3.60. The largest absolute Gasteiger partial charge is 0.493 e. The van der Waals surface area contributed by atoms with Crippen LogP contribution in [-0.2, 0) is 6.54 Å². The average Bonchev–Trinajstić information content (AvgIpc) is 3.17. The molecule has 4 heteroatoms. The normalized spacial score (nSPS) is 20.2. The minimum atomic E-state index is 0.517. The molecule has 1 fully saturated rings. The van der Waals surface area contributed by atoms with Gasteiger partial charge in [0.25, 0.3) is 0 Å². The Morgan fingerprint density at radius 2 is 2.20 bits per heavy atom. The zero-order valence-corrected chi connectivity index (χ0v) is 12.2. The maximum absolute atomic E-state index is 8.52. The van der Waals surface area contributed by atoms with Crippen LogP contribution in [0.3, 0.4) is 0 Å². The van der Waals surface area contributed by atoms with E-state index in [2.05, 4.69) is 24.4 Å². The molecule has 0 aromatic heterocycles. The van der Waals surface area contributed by atoms with E-state index in [-0.39, 0.29) is 0 Å². The lowest BCUT2D eigenvalue weighted by atomic mass is 10.2. The molecule has 0 amide bonds. The van der Waals surface area contributed by atoms with Crippen molar-refractivity contribution in [1.82, 2.24) is 5.32 Å². The highest BCUT2D eigenvalue weighted by Gasteiger charge is 2.31. The van der Waals surface area contributed by atoms with Gasteiger partial charge in [0.05, 0.1) is 19.8 Å². The Bertz CT molecular complexity index is 482. The molecular weight excluding hydrogens is 252 g/mol. The van der Waals surface area contributed by atoms with Gasteiger partial charge in [-0.2, -0.15) is 5.26 Å². The van der Waals surface area contributed by atoms with Gasteiger partial charge in [-0.15, -0.1) is 0 Å². The number of ether oxygens (including phenoxy) is 2. The molecule has 0 heterocycles. The molecule has 1 aliphatic carbocycles. The summed E-state index contributed by atoms with van der Waals surface area (Å²) in [5, 5.41) is 12.0. The number of methoxy groups -OCH3 is 1. The van der Waals surface area contributed by atoms with Crippen LogP contribution in [-0.4, -0.2) is 19.8 Å². The molecular formula is C16H22N2O2. The first-order chi connectivity index (χ1) is 9.74. The maximum atomic E-state index is 8.52. The number of benzene rings is 1. The van der Waals surface area contributed by atoms with E-state index in [0.29, 0.717) is 19.1 Å². The SMILES string of the molecule is COc1ccc(CNC2CC2C)cc1OCCCC#N. The van der Waals surface area contributed by atoms with E-state index in [1.165, 1.54) is 12.0 Å². The van der Waals surface area contributed by atoms with Crippen LogP contribution in [0.1, 0.15) is 31.7 Å². The zero-order chi connectivity index (χ0) is 14.4. The molecule has 1 aromatic carbocycles. The van der Waals surface area contributed by atoms with E-state index < -0.39 is 0 Å². The molecule has 1 N–H and O–H groups in total. The van der Waals surface area contributed by atoms with E-state index in [1.54, 1.807) is 7.11 Å². The van der Waals surface area contributed by atoms with Gasteiger partial charge in [-0.3, -0.25) is 0 Å². The highest BCUT2D eigenvalue weighted by atomic mass is 16.5. The zero-order valence-electron chi connectivity index (χ0n) is 12.2. The highest BCUT2D eigenvalue weighted by Crippen LogP contribution is 2.31. The first-order valence-electron chi connectivity index (χ1n) is 7.14. The lowest BCUT2D eigenvalue weighted by Crippen LogP contribution is -2.17. The van der Waals surface area contributed by atoms with Crippen LogP contribution in [0.4, 0.5) is 0 Å². The third-order valence-electron chi connectivity index (χ3n) is 3.60. The van der Waals surface area contributed by atoms with Crippen LogP contribution in [0.2, 0.25) is 0 Å². The number of nitrogens with zero attached hydrogens (tertiary/aromatic N) is 1. The van der Waals surface area contributed by atoms with Crippen LogP contribution >= 0.6 is 0 Å². The molecule has 2 rings (SSSR count). The Morgan fingerprint density at radius 3 is 2.85 bits per heavy atom. The van der Waals surface area contributed by atoms with Gasteiger partial charge in [-0.05, 0) is 36.5 Å². The molecule has 2 unspecified atom stereocenters. The van der Waals surface area contributed by atoms with E-state index in [0.717, 1.165) is 30.4 Å². The van der Waals surface area contributed by atoms with Gasteiger partial charge in [-0.25, -0.2) is 0 Å². The second-order valence-corrected chi connectivity index (χ2v) is 5.30. The van der Waals surface area contributed by atoms with Gasteiger partial charge >= 0.3 is 0 Å². The lowest BCUT2D eigenvalue weighted by molar-refractivity contribution is 0.290. The van der Waals surface area contributed by atoms with Crippen molar-refractivity contribution in [3.8, 4) is 17.6 Å². The van der Waals surface area contributed by atoms with Crippen molar-refractivity contribution in [3.05, 3.63) is 23.8 Å². The summed E-state index contributed by atoms with van der Waals surface area (Å²) in [5.41, 5.74) is 1.19. The molecule has 1 aromatic rings. The first kappa shape index (κ1) is 14.7. The minimum absolute atomic E-state index is 0.517. The fourth-order valence-electron chi connectivity index (χ4n) is 2.13. The minimum Gasteiger partial charge on any atom is -0.493 e. The summed E-state index contributed by atoms with van der Waals surface area (Å²) in [6.45, 7) is 3.66. The fourth-order valence-corrected chi connectivity index (χ4v) is 2.13. The van der Waals surface area contributed by atoms with Crippen molar-refractivity contribution in [1.29, 1.82) is 5.26 Å². The fraction of sp³-hybridized carbons (Fsp3) is 0.562. The van der Waals surface area contributed by atoms with Crippen LogP contribution in [0.25, 0.3) is 0 Å². The molecule has 0 radical (unpaired) electrons. The monoisotopic (exact) mass is 274 g/mol. The van der Waals surface area contributed by atoms with Crippen molar-refractivity contribution in [2.24, 2.45) is 5.92 Å². The van der Waals surface area contributed by atoms with E-state index in [4.69, 9.17) is 14.7 Å². The van der Waals surface area contributed by atoms with E-state index in [1.807, 2.05) is 12.1 Å². The van der Waals surface area contributed by atoms with E-state index >= 15 is 0 Å². The smallest absolute Gasteiger partial charge is 0.161 e. The van der Waals surface area contributed by atoms with Gasteiger partial charge in [0.2, 0.25) is 0 Å². The molecule has 1 saturated carbocycles. The average molecular weight is 274 g/mol. The molecule has 0 saturated heterocycles. The molecule has 2 atom stereocenters. The summed E-state index contributed by atoms with van der Waals surface area (Å²) in [5.74, 6) is 2.30. The van der Waals surface area contributed by atoms with Crippen molar-refractivity contribution in [2.45, 2.75) is 38.8 Å². The predicted octanol–water partition coefficient (Wildman–Crippen LogP) is 2.88. The summed E-state index contributed by atoms with van der Waals surface area (Å²) in [4.78, 5) is 0. The summed E-state index contributed by atoms with van der Waals surface area (Å²) < 4.78 is 11.0. The van der Waals surface area contributed by atoms with Crippen molar-refractivity contribution >= 4 is 0 Å². The Morgan fingerprint density at radius 1 is 1.40 bits per heavy atom. The van der Waals surface area contributed by atoms with E-state index in [9.17, 15) is 0 Å². The molecule has 0 bridgehead atoms. The molecule has 0 aliphatic heterocycles. The molecule has 108 valence electrons. The number of hydrogen-bond acceptors (Lipinski definition) is 4. The summed E-state index contributed by atoms with van der Waals surface area (Å²) in [7, 11) is 1.64. The number of rotatable bonds is 8. The van der Waals surface area contributed by atoms with Crippen LogP contribution in [0.15, 0.2) is 18.2 Å². The predicted molar refractivity (Wildman–Crippen MR) is 77.7 cm³/mol. The van der Waals surface area contributed by atoms with Crippen LogP contribution in [0.5, 0.6) is 11.5 Å². The standard InChI is InChI=1S/C16H22N2O2/c1-12-9-14(12)18-11-13-5-6-15(19-2)16(10-13)20-8-4-3-7-17/h5-6,10,12,14,18H,3-4,8-9,11H2,1-2H3. The maximum Gasteiger partial charge on any atom is 0.161 e. The van der Waals surface area contributed by atoms with Gasteiger partial charge < -0.3 is 14.8 Å². The Kier molecular flexibility index (Phi) is 5.25. The number of unbranched alkanes of at least 4 members (excludes halogenated alkanes) is 1. The van der Waals surface area contributed by atoms with Gasteiger partial charge in [-0.1, -0.05) is 13.0 Å². The molecule has 4 nitrogen and oxygen atoms in total. The summed E-state index contributed by atoms with van der Waals surface area (Å²) in [6, 6.07) is 8.79. The Hall–Kier alpha value is -1.73. The third kappa shape index (κ3) is 4.14. The van der Waals surface area contributed by atoms with Crippen molar-refractivity contribution in [3.63, 3.8) is 0 Å². The van der Waals surface area contributed by atoms with Gasteiger partial charge in [0, 0.05) is 19.0 Å². The highest BCUT2D eigenvalue weighted by molar-refractivity contribution is 5.43. The molecule has 0 spiro atoms. The molecule has 20 heavy (non-hydrogen) atoms. The lowest BCUT2D eigenvalue weighted by Gasteiger charge is -2.12. The van der Waals surface area contributed by atoms with Crippen molar-refractivity contribution < 1.29 is 9.47 Å². The van der Waals surface area contributed by atoms with Crippen molar-refractivity contribution in [2.75, 3.05) is 13.7 Å². The quantitative estimate of drug-likeness (QED) is 0.741. The second-order valence-electron chi connectivity index (χ2n) is 5.30. The van der Waals surface area contributed by atoms with Gasteiger partial charge in [0.15, 0.2) is 11.5 Å². The topological polar surface area (TPSA) is 54.3 Å². The Labute approximate surface area is 120 Å². The van der Waals surface area contributed by atoms with Crippen LogP contribution < -0.4 is 14.8 Å². The molecule has 1 aliphatic rings. The Balaban J connectivity index is 1.91. The summed E-state index contributed by atoms with van der Waals surface area (Å²) in [6.07, 6.45) is 2.53. The number of nitriles is 1. The second kappa shape index (κ2) is 7.16. The first-order valence-corrected chi connectivity index (χ1v) is 7.14.